The van der Waals surface area contributed by atoms with Crippen LogP contribution in [-0.2, 0) is 11.2 Å². The number of amides is 2. The first-order chi connectivity index (χ1) is 12.1. The molecule has 6 heteroatoms. The summed E-state index contributed by atoms with van der Waals surface area (Å²) in [5, 5.41) is 5.20. The quantitative estimate of drug-likeness (QED) is 0.772. The van der Waals surface area contributed by atoms with Crippen molar-refractivity contribution in [2.75, 3.05) is 19.7 Å². The number of ether oxygens (including phenoxy) is 1. The Balaban J connectivity index is 1.72. The first-order valence-corrected chi connectivity index (χ1v) is 8.11. The molecule has 0 atom stereocenters. The van der Waals surface area contributed by atoms with Crippen LogP contribution in [0, 0.1) is 5.82 Å². The highest BCUT2D eigenvalue weighted by Gasteiger charge is 2.08. The summed E-state index contributed by atoms with van der Waals surface area (Å²) in [5.41, 5.74) is 0.990. The van der Waals surface area contributed by atoms with E-state index in [0.717, 1.165) is 0 Å². The van der Waals surface area contributed by atoms with Crippen molar-refractivity contribution in [1.29, 1.82) is 0 Å². The van der Waals surface area contributed by atoms with E-state index in [-0.39, 0.29) is 24.2 Å². The molecule has 25 heavy (non-hydrogen) atoms. The second-order valence-electron chi connectivity index (χ2n) is 5.33. The number of carbonyl (C=O) groups excluding carboxylic acids is 2. The van der Waals surface area contributed by atoms with E-state index in [1.807, 2.05) is 6.92 Å². The highest BCUT2D eigenvalue weighted by atomic mass is 19.1. The van der Waals surface area contributed by atoms with Gasteiger partial charge < -0.3 is 15.4 Å². The van der Waals surface area contributed by atoms with E-state index in [9.17, 15) is 14.0 Å². The number of nitrogens with one attached hydrogen (secondary N) is 2. The van der Waals surface area contributed by atoms with Crippen molar-refractivity contribution in [2.24, 2.45) is 0 Å². The van der Waals surface area contributed by atoms with Gasteiger partial charge in [0.05, 0.1) is 13.2 Å². The van der Waals surface area contributed by atoms with Crippen molar-refractivity contribution in [3.8, 4) is 5.75 Å². The Bertz CT molecular complexity index is 717. The first-order valence-electron chi connectivity index (χ1n) is 8.11. The number of rotatable bonds is 8. The Hall–Kier alpha value is -2.89. The number of hydrogen-bond acceptors (Lipinski definition) is 3. The maximum atomic E-state index is 13.5. The molecule has 0 saturated carbocycles. The van der Waals surface area contributed by atoms with E-state index >= 15 is 0 Å². The fourth-order valence-electron chi connectivity index (χ4n) is 2.23. The van der Waals surface area contributed by atoms with Gasteiger partial charge in [-0.05, 0) is 49.2 Å². The van der Waals surface area contributed by atoms with Crippen molar-refractivity contribution in [3.05, 3.63) is 65.5 Å². The van der Waals surface area contributed by atoms with Crippen LogP contribution in [0.1, 0.15) is 22.8 Å². The molecule has 0 radical (unpaired) electrons. The second kappa shape index (κ2) is 9.42. The Kier molecular flexibility index (Phi) is 6.95. The number of benzene rings is 2. The zero-order valence-corrected chi connectivity index (χ0v) is 14.0. The van der Waals surface area contributed by atoms with Crippen LogP contribution in [0.15, 0.2) is 48.5 Å². The summed E-state index contributed by atoms with van der Waals surface area (Å²) in [4.78, 5) is 23.7. The minimum Gasteiger partial charge on any atom is -0.494 e. The third-order valence-electron chi connectivity index (χ3n) is 3.51. The fourth-order valence-corrected chi connectivity index (χ4v) is 2.23. The van der Waals surface area contributed by atoms with E-state index in [1.54, 1.807) is 42.5 Å². The minimum absolute atomic E-state index is 0.136. The molecular weight excluding hydrogens is 323 g/mol. The molecule has 5 nitrogen and oxygen atoms in total. The van der Waals surface area contributed by atoms with Crippen molar-refractivity contribution < 1.29 is 18.7 Å². The molecule has 2 aromatic carbocycles. The van der Waals surface area contributed by atoms with Crippen LogP contribution in [0.25, 0.3) is 0 Å². The van der Waals surface area contributed by atoms with Gasteiger partial charge in [0.25, 0.3) is 5.91 Å². The van der Waals surface area contributed by atoms with E-state index in [0.29, 0.717) is 36.4 Å². The molecule has 0 saturated heterocycles. The summed E-state index contributed by atoms with van der Waals surface area (Å²) < 4.78 is 18.8. The molecule has 0 aromatic heterocycles. The van der Waals surface area contributed by atoms with Gasteiger partial charge in [0.15, 0.2) is 0 Å². The van der Waals surface area contributed by atoms with E-state index in [2.05, 4.69) is 10.6 Å². The van der Waals surface area contributed by atoms with Crippen LogP contribution in [0.3, 0.4) is 0 Å². The van der Waals surface area contributed by atoms with Gasteiger partial charge >= 0.3 is 0 Å². The van der Waals surface area contributed by atoms with E-state index in [1.165, 1.54) is 6.07 Å². The molecule has 0 aliphatic heterocycles. The minimum atomic E-state index is -0.340. The predicted molar refractivity (Wildman–Crippen MR) is 93.1 cm³/mol. The maximum Gasteiger partial charge on any atom is 0.251 e. The molecule has 2 rings (SSSR count). The largest absolute Gasteiger partial charge is 0.494 e. The van der Waals surface area contributed by atoms with Crippen LogP contribution in [0.4, 0.5) is 4.39 Å². The summed E-state index contributed by atoms with van der Waals surface area (Å²) in [7, 11) is 0. The Morgan fingerprint density at radius 3 is 2.44 bits per heavy atom. The van der Waals surface area contributed by atoms with Gasteiger partial charge in [0, 0.05) is 12.1 Å². The molecule has 2 N–H and O–H groups in total. The zero-order chi connectivity index (χ0) is 18.1. The third kappa shape index (κ3) is 5.91. The van der Waals surface area contributed by atoms with E-state index < -0.39 is 0 Å². The molecule has 0 unspecified atom stereocenters. The molecule has 0 heterocycles. The highest BCUT2D eigenvalue weighted by Crippen LogP contribution is 2.11. The SMILES string of the molecule is CCOc1ccc(C(=O)NCC(=O)NCCc2ccccc2F)cc1. The lowest BCUT2D eigenvalue weighted by atomic mass is 10.1. The smallest absolute Gasteiger partial charge is 0.251 e. The predicted octanol–water partition coefficient (Wildman–Crippen LogP) is 2.31. The lowest BCUT2D eigenvalue weighted by molar-refractivity contribution is -0.120. The monoisotopic (exact) mass is 344 g/mol. The number of hydrogen-bond donors (Lipinski definition) is 2. The lowest BCUT2D eigenvalue weighted by Gasteiger charge is -2.08. The van der Waals surface area contributed by atoms with Crippen molar-refractivity contribution in [3.63, 3.8) is 0 Å². The summed E-state index contributed by atoms with van der Waals surface area (Å²) in [6.07, 6.45) is 0.394. The molecule has 132 valence electrons. The summed E-state index contributed by atoms with van der Waals surface area (Å²) >= 11 is 0. The molecular formula is C19H21FN2O3. The molecule has 0 aliphatic carbocycles. The summed E-state index contributed by atoms with van der Waals surface area (Å²) in [6.45, 7) is 2.60. The van der Waals surface area contributed by atoms with Crippen molar-refractivity contribution in [1.82, 2.24) is 10.6 Å². The Morgan fingerprint density at radius 2 is 1.76 bits per heavy atom. The second-order valence-corrected chi connectivity index (χ2v) is 5.33. The van der Waals surface area contributed by atoms with Crippen molar-refractivity contribution in [2.45, 2.75) is 13.3 Å². The van der Waals surface area contributed by atoms with Gasteiger partial charge in [-0.25, -0.2) is 4.39 Å². The standard InChI is InChI=1S/C19H21FN2O3/c1-2-25-16-9-7-15(8-10-16)19(24)22-13-18(23)21-12-11-14-5-3-4-6-17(14)20/h3-10H,2,11-13H2,1H3,(H,21,23)(H,22,24). The van der Waals surface area contributed by atoms with Gasteiger partial charge in [0.1, 0.15) is 11.6 Å². The zero-order valence-electron chi connectivity index (χ0n) is 14.0. The van der Waals surface area contributed by atoms with E-state index in [4.69, 9.17) is 4.74 Å². The fraction of sp³-hybridized carbons (Fsp3) is 0.263. The van der Waals surface area contributed by atoms with Gasteiger partial charge in [-0.3, -0.25) is 9.59 Å². The lowest BCUT2D eigenvalue weighted by Crippen LogP contribution is -2.37. The third-order valence-corrected chi connectivity index (χ3v) is 3.51. The molecule has 2 aromatic rings. The van der Waals surface area contributed by atoms with Gasteiger partial charge in [-0.15, -0.1) is 0 Å². The molecule has 0 bridgehead atoms. The number of carbonyl (C=O) groups is 2. The first kappa shape index (κ1) is 18.4. The average Bonchev–Trinajstić information content (AvgIpc) is 2.62. The van der Waals surface area contributed by atoms with Crippen LogP contribution in [0.5, 0.6) is 5.75 Å². The highest BCUT2D eigenvalue weighted by molar-refractivity contribution is 5.96. The van der Waals surface area contributed by atoms with Crippen LogP contribution < -0.4 is 15.4 Å². The van der Waals surface area contributed by atoms with Crippen LogP contribution >= 0.6 is 0 Å². The Labute approximate surface area is 146 Å². The van der Waals surface area contributed by atoms with Gasteiger partial charge in [-0.1, -0.05) is 18.2 Å². The summed E-state index contributed by atoms with van der Waals surface area (Å²) in [5.74, 6) is -0.270. The van der Waals surface area contributed by atoms with Gasteiger partial charge in [-0.2, -0.15) is 0 Å². The summed E-state index contributed by atoms with van der Waals surface area (Å²) in [6, 6.07) is 13.1. The molecule has 0 fully saturated rings. The Morgan fingerprint density at radius 1 is 1.04 bits per heavy atom. The number of halogens is 1. The molecule has 2 amide bonds. The molecule has 0 spiro atoms. The van der Waals surface area contributed by atoms with Crippen LogP contribution in [0.2, 0.25) is 0 Å². The van der Waals surface area contributed by atoms with Crippen molar-refractivity contribution >= 4 is 11.8 Å². The van der Waals surface area contributed by atoms with Crippen LogP contribution in [-0.4, -0.2) is 31.5 Å². The molecule has 0 aliphatic rings. The van der Waals surface area contributed by atoms with Gasteiger partial charge in [0.2, 0.25) is 5.91 Å². The maximum absolute atomic E-state index is 13.5. The normalized spacial score (nSPS) is 10.2. The topological polar surface area (TPSA) is 67.4 Å². The average molecular weight is 344 g/mol.